The largest absolute Gasteiger partial charge is 0.496 e. The maximum absolute atomic E-state index is 13.2. The molecule has 122 valence electrons. The van der Waals surface area contributed by atoms with Gasteiger partial charge in [-0.3, -0.25) is 4.79 Å². The van der Waals surface area contributed by atoms with Crippen LogP contribution in [0.4, 0.5) is 4.39 Å². The van der Waals surface area contributed by atoms with E-state index in [4.69, 9.17) is 4.74 Å². The molecule has 0 bridgehead atoms. The summed E-state index contributed by atoms with van der Waals surface area (Å²) in [4.78, 5) is 12.1. The van der Waals surface area contributed by atoms with E-state index in [1.54, 1.807) is 19.2 Å². The summed E-state index contributed by atoms with van der Waals surface area (Å²) >= 11 is 3.43. The van der Waals surface area contributed by atoms with Crippen LogP contribution >= 0.6 is 15.9 Å². The number of halogens is 2. The first kappa shape index (κ1) is 17.5. The Morgan fingerprint density at radius 3 is 2.74 bits per heavy atom. The molecule has 2 aromatic carbocycles. The van der Waals surface area contributed by atoms with Crippen LogP contribution in [0.15, 0.2) is 46.9 Å². The Morgan fingerprint density at radius 2 is 2.09 bits per heavy atom. The van der Waals surface area contributed by atoms with E-state index in [0.29, 0.717) is 12.8 Å². The van der Waals surface area contributed by atoms with E-state index >= 15 is 0 Å². The van der Waals surface area contributed by atoms with Crippen LogP contribution in [0, 0.1) is 5.82 Å². The standard InChI is InChI=1S/C18H19BrFNO2/c1-12(14-4-3-5-15(20)11-14)21-18(22)9-7-13-6-8-17(23-2)16(19)10-13/h3-6,8,10-12H,7,9H2,1-2H3,(H,21,22). The second kappa shape index (κ2) is 8.11. The van der Waals surface area contributed by atoms with Gasteiger partial charge in [-0.1, -0.05) is 18.2 Å². The summed E-state index contributed by atoms with van der Waals surface area (Å²) in [5.74, 6) is 0.401. The van der Waals surface area contributed by atoms with Crippen molar-refractivity contribution < 1.29 is 13.9 Å². The number of methoxy groups -OCH3 is 1. The van der Waals surface area contributed by atoms with Gasteiger partial charge < -0.3 is 10.1 Å². The molecule has 0 spiro atoms. The van der Waals surface area contributed by atoms with E-state index in [0.717, 1.165) is 21.3 Å². The lowest BCUT2D eigenvalue weighted by Crippen LogP contribution is -2.26. The van der Waals surface area contributed by atoms with Crippen molar-refractivity contribution >= 4 is 21.8 Å². The minimum absolute atomic E-state index is 0.0614. The second-order valence-electron chi connectivity index (χ2n) is 5.31. The van der Waals surface area contributed by atoms with Crippen molar-refractivity contribution in [1.82, 2.24) is 5.32 Å². The van der Waals surface area contributed by atoms with Gasteiger partial charge in [-0.2, -0.15) is 0 Å². The van der Waals surface area contributed by atoms with Crippen molar-refractivity contribution in [3.63, 3.8) is 0 Å². The van der Waals surface area contributed by atoms with Gasteiger partial charge in [0, 0.05) is 6.42 Å². The lowest BCUT2D eigenvalue weighted by atomic mass is 10.1. The van der Waals surface area contributed by atoms with Crippen molar-refractivity contribution in [2.24, 2.45) is 0 Å². The van der Waals surface area contributed by atoms with Crippen LogP contribution in [-0.4, -0.2) is 13.0 Å². The van der Waals surface area contributed by atoms with E-state index in [2.05, 4.69) is 21.2 Å². The summed E-state index contributed by atoms with van der Waals surface area (Å²) in [7, 11) is 1.61. The molecule has 1 unspecified atom stereocenters. The van der Waals surface area contributed by atoms with Crippen LogP contribution in [-0.2, 0) is 11.2 Å². The summed E-state index contributed by atoms with van der Waals surface area (Å²) in [5, 5.41) is 2.89. The number of benzene rings is 2. The fraction of sp³-hybridized carbons (Fsp3) is 0.278. The topological polar surface area (TPSA) is 38.3 Å². The van der Waals surface area contributed by atoms with Crippen LogP contribution in [0.25, 0.3) is 0 Å². The van der Waals surface area contributed by atoms with Gasteiger partial charge in [-0.05, 0) is 64.7 Å². The molecule has 3 nitrogen and oxygen atoms in total. The zero-order chi connectivity index (χ0) is 16.8. The number of hydrogen-bond acceptors (Lipinski definition) is 2. The van der Waals surface area contributed by atoms with Gasteiger partial charge in [0.2, 0.25) is 5.91 Å². The molecule has 0 aliphatic rings. The highest BCUT2D eigenvalue weighted by Gasteiger charge is 2.11. The first-order chi connectivity index (χ1) is 11.0. The van der Waals surface area contributed by atoms with E-state index in [9.17, 15) is 9.18 Å². The SMILES string of the molecule is COc1ccc(CCC(=O)NC(C)c2cccc(F)c2)cc1Br. The molecule has 0 radical (unpaired) electrons. The normalized spacial score (nSPS) is 11.8. The third kappa shape index (κ3) is 5.06. The zero-order valence-electron chi connectivity index (χ0n) is 13.1. The number of amides is 1. The Hall–Kier alpha value is -1.88. The Balaban J connectivity index is 1.88. The molecular weight excluding hydrogens is 361 g/mol. The fourth-order valence-electron chi connectivity index (χ4n) is 2.30. The molecule has 1 amide bonds. The van der Waals surface area contributed by atoms with Crippen LogP contribution < -0.4 is 10.1 Å². The molecule has 1 N–H and O–H groups in total. The van der Waals surface area contributed by atoms with Gasteiger partial charge in [0.05, 0.1) is 17.6 Å². The van der Waals surface area contributed by atoms with Crippen LogP contribution in [0.3, 0.4) is 0 Å². The van der Waals surface area contributed by atoms with Crippen molar-refractivity contribution in [2.45, 2.75) is 25.8 Å². The van der Waals surface area contributed by atoms with Gasteiger partial charge in [0.1, 0.15) is 11.6 Å². The minimum Gasteiger partial charge on any atom is -0.496 e. The number of carbonyl (C=O) groups excluding carboxylic acids is 1. The van der Waals surface area contributed by atoms with Gasteiger partial charge >= 0.3 is 0 Å². The molecule has 1 atom stereocenters. The maximum Gasteiger partial charge on any atom is 0.220 e. The lowest BCUT2D eigenvalue weighted by molar-refractivity contribution is -0.121. The van der Waals surface area contributed by atoms with Gasteiger partial charge in [-0.15, -0.1) is 0 Å². The highest BCUT2D eigenvalue weighted by Crippen LogP contribution is 2.26. The first-order valence-electron chi connectivity index (χ1n) is 7.37. The summed E-state index contributed by atoms with van der Waals surface area (Å²) in [6.45, 7) is 1.84. The smallest absolute Gasteiger partial charge is 0.220 e. The van der Waals surface area contributed by atoms with Crippen LogP contribution in [0.5, 0.6) is 5.75 Å². The molecule has 2 aromatic rings. The van der Waals surface area contributed by atoms with Gasteiger partial charge in [0.15, 0.2) is 0 Å². The summed E-state index contributed by atoms with van der Waals surface area (Å²) in [6.07, 6.45) is 1.00. The number of hydrogen-bond donors (Lipinski definition) is 1. The third-order valence-corrected chi connectivity index (χ3v) is 4.20. The molecule has 0 heterocycles. The molecule has 23 heavy (non-hydrogen) atoms. The first-order valence-corrected chi connectivity index (χ1v) is 8.16. The van der Waals surface area contributed by atoms with Crippen molar-refractivity contribution in [3.8, 4) is 5.75 Å². The zero-order valence-corrected chi connectivity index (χ0v) is 14.7. The van der Waals surface area contributed by atoms with E-state index in [1.165, 1.54) is 12.1 Å². The molecule has 0 aliphatic heterocycles. The minimum atomic E-state index is -0.299. The molecule has 0 saturated carbocycles. The Morgan fingerprint density at radius 1 is 1.30 bits per heavy atom. The van der Waals surface area contributed by atoms with Gasteiger partial charge in [-0.25, -0.2) is 4.39 Å². The number of rotatable bonds is 6. The van der Waals surface area contributed by atoms with Crippen molar-refractivity contribution in [2.75, 3.05) is 7.11 Å². The van der Waals surface area contributed by atoms with Crippen LogP contribution in [0.2, 0.25) is 0 Å². The third-order valence-electron chi connectivity index (χ3n) is 3.58. The molecular formula is C18H19BrFNO2. The van der Waals surface area contributed by atoms with E-state index in [-0.39, 0.29) is 17.8 Å². The summed E-state index contributed by atoms with van der Waals surface area (Å²) < 4.78 is 19.3. The maximum atomic E-state index is 13.2. The van der Waals surface area contributed by atoms with Crippen molar-refractivity contribution in [1.29, 1.82) is 0 Å². The highest BCUT2D eigenvalue weighted by atomic mass is 79.9. The molecule has 0 saturated heterocycles. The average molecular weight is 380 g/mol. The Kier molecular flexibility index (Phi) is 6.16. The molecule has 0 aromatic heterocycles. The van der Waals surface area contributed by atoms with Crippen LogP contribution in [0.1, 0.15) is 30.5 Å². The number of ether oxygens (including phenoxy) is 1. The average Bonchev–Trinajstić information content (AvgIpc) is 2.53. The monoisotopic (exact) mass is 379 g/mol. The van der Waals surface area contributed by atoms with E-state index < -0.39 is 0 Å². The summed E-state index contributed by atoms with van der Waals surface area (Å²) in [6, 6.07) is 11.8. The quantitative estimate of drug-likeness (QED) is 0.807. The fourth-order valence-corrected chi connectivity index (χ4v) is 2.88. The molecule has 5 heteroatoms. The number of carbonyl (C=O) groups is 1. The lowest BCUT2D eigenvalue weighted by Gasteiger charge is -2.14. The summed E-state index contributed by atoms with van der Waals surface area (Å²) in [5.41, 5.74) is 1.80. The van der Waals surface area contributed by atoms with E-state index in [1.807, 2.05) is 25.1 Å². The molecule has 2 rings (SSSR count). The second-order valence-corrected chi connectivity index (χ2v) is 6.17. The predicted molar refractivity (Wildman–Crippen MR) is 92.0 cm³/mol. The predicted octanol–water partition coefficient (Wildman–Crippen LogP) is 4.41. The Bertz CT molecular complexity index is 690. The Labute approximate surface area is 144 Å². The number of nitrogens with one attached hydrogen (secondary N) is 1. The molecule has 0 aliphatic carbocycles. The van der Waals surface area contributed by atoms with Gasteiger partial charge in [0.25, 0.3) is 0 Å². The highest BCUT2D eigenvalue weighted by molar-refractivity contribution is 9.10. The van der Waals surface area contributed by atoms with Crippen molar-refractivity contribution in [3.05, 3.63) is 63.9 Å². The number of aryl methyl sites for hydroxylation is 1. The molecule has 0 fully saturated rings.